The van der Waals surface area contributed by atoms with Crippen LogP contribution in [0.3, 0.4) is 0 Å². The molecule has 1 aromatic heterocycles. The van der Waals surface area contributed by atoms with Crippen LogP contribution < -0.4 is 5.32 Å². The molecular formula is C21H20ClN3O4. The number of benzene rings is 2. The molecule has 0 aliphatic carbocycles. The number of carbonyl (C=O) groups excluding carboxylic acids is 1. The molecule has 0 radical (unpaired) electrons. The Morgan fingerprint density at radius 1 is 1.21 bits per heavy atom. The average molecular weight is 414 g/mol. The van der Waals surface area contributed by atoms with Gasteiger partial charge in [-0.1, -0.05) is 48.9 Å². The van der Waals surface area contributed by atoms with E-state index < -0.39 is 12.1 Å². The van der Waals surface area contributed by atoms with E-state index in [0.717, 1.165) is 12.0 Å². The lowest BCUT2D eigenvalue weighted by atomic mass is 10.1. The topological polar surface area (TPSA) is 93.5 Å². The van der Waals surface area contributed by atoms with Crippen molar-refractivity contribution in [1.82, 2.24) is 9.78 Å². The minimum Gasteiger partial charge on any atom is -0.476 e. The predicted molar refractivity (Wildman–Crippen MR) is 110 cm³/mol. The highest BCUT2D eigenvalue weighted by atomic mass is 35.5. The van der Waals surface area contributed by atoms with E-state index in [1.165, 1.54) is 0 Å². The summed E-state index contributed by atoms with van der Waals surface area (Å²) in [5.41, 5.74) is 2.15. The number of rotatable bonds is 7. The number of ether oxygens (including phenoxy) is 1. The van der Waals surface area contributed by atoms with Crippen molar-refractivity contribution in [1.29, 1.82) is 0 Å². The zero-order chi connectivity index (χ0) is 20.8. The van der Waals surface area contributed by atoms with E-state index >= 15 is 0 Å². The first-order chi connectivity index (χ1) is 14.0. The molecule has 8 heteroatoms. The molecule has 2 N–H and O–H groups in total. The summed E-state index contributed by atoms with van der Waals surface area (Å²) in [5.74, 6) is -1.13. The first kappa shape index (κ1) is 20.4. The van der Waals surface area contributed by atoms with Gasteiger partial charge < -0.3 is 9.84 Å². The predicted octanol–water partition coefficient (Wildman–Crippen LogP) is 5.06. The van der Waals surface area contributed by atoms with E-state index in [9.17, 15) is 14.7 Å². The number of amides is 1. The van der Waals surface area contributed by atoms with Gasteiger partial charge in [-0.25, -0.2) is 9.59 Å². The number of anilines is 1. The molecule has 0 unspecified atom stereocenters. The van der Waals surface area contributed by atoms with Crippen molar-refractivity contribution in [3.63, 3.8) is 0 Å². The summed E-state index contributed by atoms with van der Waals surface area (Å²) in [7, 11) is 0. The molecule has 150 valence electrons. The van der Waals surface area contributed by atoms with E-state index in [0.29, 0.717) is 28.4 Å². The molecule has 0 fully saturated rings. The van der Waals surface area contributed by atoms with Gasteiger partial charge in [-0.3, -0.25) is 10.00 Å². The Kier molecular flexibility index (Phi) is 6.51. The van der Waals surface area contributed by atoms with E-state index in [1.807, 2.05) is 37.3 Å². The number of nitrogens with one attached hydrogen (secondary N) is 1. The fourth-order valence-electron chi connectivity index (χ4n) is 2.83. The molecule has 0 saturated carbocycles. The Hall–Kier alpha value is -3.32. The van der Waals surface area contributed by atoms with Crippen molar-refractivity contribution >= 4 is 29.4 Å². The number of halogens is 1. The smallest absolute Gasteiger partial charge is 0.411 e. The van der Waals surface area contributed by atoms with Gasteiger partial charge in [0.15, 0.2) is 5.69 Å². The molecular weight excluding hydrogens is 394 g/mol. The third-order valence-corrected chi connectivity index (χ3v) is 4.30. The maximum atomic E-state index is 12.1. The van der Waals surface area contributed by atoms with Gasteiger partial charge in [-0.05, 0) is 35.7 Å². The quantitative estimate of drug-likeness (QED) is 0.564. The van der Waals surface area contributed by atoms with Crippen molar-refractivity contribution in [2.45, 2.75) is 26.5 Å². The lowest BCUT2D eigenvalue weighted by molar-refractivity contribution is 0.0690. The fourth-order valence-corrected chi connectivity index (χ4v) is 3.06. The second-order valence-electron chi connectivity index (χ2n) is 6.37. The number of carboxylic acids is 1. The van der Waals surface area contributed by atoms with Gasteiger partial charge in [0, 0.05) is 29.0 Å². The molecule has 0 atom stereocenters. The summed E-state index contributed by atoms with van der Waals surface area (Å²) in [4.78, 5) is 23.7. The van der Waals surface area contributed by atoms with Crippen LogP contribution in [0.5, 0.6) is 0 Å². The van der Waals surface area contributed by atoms with Crippen molar-refractivity contribution in [2.75, 3.05) is 5.32 Å². The SMILES string of the molecule is CCCn1cc(-c2cc(Cl)cc(NC(=O)OCc3ccccc3)c2)c(C(=O)O)n1. The molecule has 2 aromatic carbocycles. The molecule has 0 aliphatic heterocycles. The van der Waals surface area contributed by atoms with Crippen LogP contribution in [-0.2, 0) is 17.9 Å². The Labute approximate surface area is 172 Å². The summed E-state index contributed by atoms with van der Waals surface area (Å²) in [6, 6.07) is 14.1. The standard InChI is InChI=1S/C21H20ClN3O4/c1-2-8-25-12-18(19(24-25)20(26)27)15-9-16(22)11-17(10-15)23-21(28)29-13-14-6-4-3-5-7-14/h3-7,9-12H,2,8,13H2,1H3,(H,23,28)(H,26,27). The molecule has 0 bridgehead atoms. The van der Waals surface area contributed by atoms with Crippen LogP contribution in [0.1, 0.15) is 29.4 Å². The van der Waals surface area contributed by atoms with Crippen molar-refractivity contribution in [3.8, 4) is 11.1 Å². The van der Waals surface area contributed by atoms with Crippen LogP contribution in [0.25, 0.3) is 11.1 Å². The number of carboxylic acid groups (broad SMARTS) is 1. The number of hydrogen-bond acceptors (Lipinski definition) is 4. The van der Waals surface area contributed by atoms with Crippen LogP contribution in [0.4, 0.5) is 10.5 Å². The van der Waals surface area contributed by atoms with Crippen LogP contribution in [-0.4, -0.2) is 26.9 Å². The number of aromatic carboxylic acids is 1. The third kappa shape index (κ3) is 5.36. The monoisotopic (exact) mass is 413 g/mol. The van der Waals surface area contributed by atoms with Crippen LogP contribution in [0, 0.1) is 0 Å². The number of carbonyl (C=O) groups is 2. The van der Waals surface area contributed by atoms with Gasteiger partial charge in [-0.2, -0.15) is 5.10 Å². The molecule has 3 aromatic rings. The summed E-state index contributed by atoms with van der Waals surface area (Å²) in [6.07, 6.45) is 1.84. The highest BCUT2D eigenvalue weighted by Crippen LogP contribution is 2.30. The molecule has 3 rings (SSSR count). The molecule has 1 amide bonds. The molecule has 1 heterocycles. The van der Waals surface area contributed by atoms with Gasteiger partial charge in [0.2, 0.25) is 0 Å². The third-order valence-electron chi connectivity index (χ3n) is 4.08. The van der Waals surface area contributed by atoms with Gasteiger partial charge in [0.05, 0.1) is 0 Å². The van der Waals surface area contributed by atoms with Gasteiger partial charge >= 0.3 is 12.1 Å². The summed E-state index contributed by atoms with van der Waals surface area (Å²) >= 11 is 6.19. The first-order valence-corrected chi connectivity index (χ1v) is 9.43. The summed E-state index contributed by atoms with van der Waals surface area (Å²) < 4.78 is 6.80. The molecule has 0 aliphatic rings. The Bertz CT molecular complexity index is 1020. The van der Waals surface area contributed by atoms with Crippen molar-refractivity contribution < 1.29 is 19.4 Å². The average Bonchev–Trinajstić information content (AvgIpc) is 3.11. The van der Waals surface area contributed by atoms with Crippen molar-refractivity contribution in [3.05, 3.63) is 71.0 Å². The summed E-state index contributed by atoms with van der Waals surface area (Å²) in [5, 5.41) is 16.6. The zero-order valence-corrected chi connectivity index (χ0v) is 16.5. The minimum atomic E-state index is -1.13. The second kappa shape index (κ2) is 9.25. The van der Waals surface area contributed by atoms with Crippen LogP contribution in [0.2, 0.25) is 5.02 Å². The van der Waals surface area contributed by atoms with Crippen LogP contribution in [0.15, 0.2) is 54.7 Å². The molecule has 29 heavy (non-hydrogen) atoms. The van der Waals surface area contributed by atoms with E-state index in [-0.39, 0.29) is 12.3 Å². The number of hydrogen-bond donors (Lipinski definition) is 2. The largest absolute Gasteiger partial charge is 0.476 e. The van der Waals surface area contributed by atoms with E-state index in [4.69, 9.17) is 16.3 Å². The summed E-state index contributed by atoms with van der Waals surface area (Å²) in [6.45, 7) is 2.70. The minimum absolute atomic E-state index is 0.0710. The zero-order valence-electron chi connectivity index (χ0n) is 15.8. The maximum absolute atomic E-state index is 12.1. The Morgan fingerprint density at radius 3 is 2.66 bits per heavy atom. The number of aromatic nitrogens is 2. The van der Waals surface area contributed by atoms with Crippen molar-refractivity contribution in [2.24, 2.45) is 0 Å². The second-order valence-corrected chi connectivity index (χ2v) is 6.81. The van der Waals surface area contributed by atoms with Gasteiger partial charge in [0.1, 0.15) is 6.61 Å². The number of aryl methyl sites for hydroxylation is 1. The highest BCUT2D eigenvalue weighted by Gasteiger charge is 2.18. The molecule has 0 spiro atoms. The molecule has 0 saturated heterocycles. The lowest BCUT2D eigenvalue weighted by Crippen LogP contribution is -2.13. The highest BCUT2D eigenvalue weighted by molar-refractivity contribution is 6.31. The van der Waals surface area contributed by atoms with E-state index in [1.54, 1.807) is 29.1 Å². The normalized spacial score (nSPS) is 10.6. The number of nitrogens with zero attached hydrogens (tertiary/aromatic N) is 2. The Morgan fingerprint density at radius 2 is 1.97 bits per heavy atom. The first-order valence-electron chi connectivity index (χ1n) is 9.05. The molecule has 7 nitrogen and oxygen atoms in total. The van der Waals surface area contributed by atoms with Gasteiger partial charge in [0.25, 0.3) is 0 Å². The lowest BCUT2D eigenvalue weighted by Gasteiger charge is -2.09. The van der Waals surface area contributed by atoms with E-state index in [2.05, 4.69) is 10.4 Å². The van der Waals surface area contributed by atoms with Crippen LogP contribution >= 0.6 is 11.6 Å². The fraction of sp³-hybridized carbons (Fsp3) is 0.190. The van der Waals surface area contributed by atoms with Gasteiger partial charge in [-0.15, -0.1) is 0 Å². The maximum Gasteiger partial charge on any atom is 0.411 e. The Balaban J connectivity index is 1.79.